The molecule has 0 bridgehead atoms. The second kappa shape index (κ2) is 30.7. The summed E-state index contributed by atoms with van der Waals surface area (Å²) < 4.78 is 38.4. The van der Waals surface area contributed by atoms with E-state index in [9.17, 15) is 0 Å². The Balaban J connectivity index is 2.98. The molecule has 0 rings (SSSR count). The van der Waals surface area contributed by atoms with Crippen molar-refractivity contribution < 1.29 is 33.2 Å². The van der Waals surface area contributed by atoms with E-state index in [2.05, 4.69) is 13.8 Å². The summed E-state index contributed by atoms with van der Waals surface area (Å²) in [7, 11) is 0. The summed E-state index contributed by atoms with van der Waals surface area (Å²) in [5.41, 5.74) is 0. The number of hydrogen-bond donors (Lipinski definition) is 0. The van der Waals surface area contributed by atoms with Gasteiger partial charge in [-0.25, -0.2) is 0 Å². The Bertz CT molecular complexity index is 289. The predicted octanol–water partition coefficient (Wildman–Crippen LogP) is 4.65. The molecule has 32 heavy (non-hydrogen) atoms. The molecule has 0 heterocycles. The zero-order valence-corrected chi connectivity index (χ0v) is 21.1. The number of rotatable bonds is 29. The van der Waals surface area contributed by atoms with Crippen LogP contribution < -0.4 is 0 Å². The van der Waals surface area contributed by atoms with Gasteiger partial charge in [0.15, 0.2) is 0 Å². The van der Waals surface area contributed by atoms with Crippen LogP contribution in [0.5, 0.6) is 0 Å². The van der Waals surface area contributed by atoms with E-state index in [1.54, 1.807) is 0 Å². The van der Waals surface area contributed by atoms with Gasteiger partial charge in [-0.3, -0.25) is 0 Å². The fourth-order valence-electron chi connectivity index (χ4n) is 2.86. The molecular formula is C25H52O7. The van der Waals surface area contributed by atoms with Gasteiger partial charge in [0.2, 0.25) is 0 Å². The molecule has 0 fully saturated rings. The van der Waals surface area contributed by atoms with Gasteiger partial charge in [0.25, 0.3) is 0 Å². The standard InChI is InChI=1S/C25H52O7/c1-3-5-7-9-11-13-27-15-17-29-19-21-31-23-25-32-24-22-30-20-18-28-16-14-26-12-10-8-6-4-2/h3-25H2,1-2H3. The smallest absolute Gasteiger partial charge is 0.0701 e. The van der Waals surface area contributed by atoms with Crippen LogP contribution in [0.25, 0.3) is 0 Å². The monoisotopic (exact) mass is 464 g/mol. The summed E-state index contributed by atoms with van der Waals surface area (Å²) in [5, 5.41) is 0. The molecule has 0 aliphatic heterocycles. The highest BCUT2D eigenvalue weighted by molar-refractivity contribution is 4.42. The summed E-state index contributed by atoms with van der Waals surface area (Å²) in [4.78, 5) is 0. The zero-order valence-electron chi connectivity index (χ0n) is 21.1. The molecule has 0 aromatic rings. The molecule has 0 aliphatic rings. The number of hydrogen-bond acceptors (Lipinski definition) is 7. The normalized spacial score (nSPS) is 11.4. The highest BCUT2D eigenvalue weighted by Gasteiger charge is 1.95. The summed E-state index contributed by atoms with van der Waals surface area (Å²) >= 11 is 0. The lowest BCUT2D eigenvalue weighted by Gasteiger charge is -2.08. The molecule has 0 N–H and O–H groups in total. The van der Waals surface area contributed by atoms with E-state index in [1.165, 1.54) is 44.9 Å². The van der Waals surface area contributed by atoms with Crippen LogP contribution in [0.3, 0.4) is 0 Å². The summed E-state index contributed by atoms with van der Waals surface area (Å²) in [6.45, 7) is 13.3. The Morgan fingerprint density at radius 2 is 0.469 bits per heavy atom. The first-order valence-corrected chi connectivity index (χ1v) is 13.0. The predicted molar refractivity (Wildman–Crippen MR) is 129 cm³/mol. The largest absolute Gasteiger partial charge is 0.379 e. The van der Waals surface area contributed by atoms with Crippen LogP contribution >= 0.6 is 0 Å². The van der Waals surface area contributed by atoms with Gasteiger partial charge in [0.05, 0.1) is 79.3 Å². The number of unbranched alkanes of at least 4 members (excludes halogenated alkanes) is 7. The highest BCUT2D eigenvalue weighted by Crippen LogP contribution is 2.02. The lowest BCUT2D eigenvalue weighted by Crippen LogP contribution is -2.14. The van der Waals surface area contributed by atoms with Gasteiger partial charge in [0.1, 0.15) is 0 Å². The Morgan fingerprint density at radius 1 is 0.250 bits per heavy atom. The first kappa shape index (κ1) is 31.7. The maximum atomic E-state index is 5.55. The lowest BCUT2D eigenvalue weighted by atomic mass is 10.2. The van der Waals surface area contributed by atoms with E-state index in [1.807, 2.05) is 0 Å². The van der Waals surface area contributed by atoms with Gasteiger partial charge >= 0.3 is 0 Å². The third-order valence-electron chi connectivity index (χ3n) is 4.77. The van der Waals surface area contributed by atoms with Crippen LogP contribution in [0, 0.1) is 0 Å². The minimum Gasteiger partial charge on any atom is -0.379 e. The van der Waals surface area contributed by atoms with E-state index >= 15 is 0 Å². The molecule has 0 radical (unpaired) electrons. The van der Waals surface area contributed by atoms with Gasteiger partial charge in [-0.15, -0.1) is 0 Å². The van der Waals surface area contributed by atoms with Gasteiger partial charge in [-0.1, -0.05) is 58.8 Å². The van der Waals surface area contributed by atoms with Crippen LogP contribution in [0.4, 0.5) is 0 Å². The molecule has 7 heteroatoms. The minimum absolute atomic E-state index is 0.566. The molecule has 0 atom stereocenters. The molecule has 0 aromatic carbocycles. The van der Waals surface area contributed by atoms with Crippen molar-refractivity contribution in [1.82, 2.24) is 0 Å². The molecule has 0 amide bonds. The van der Waals surface area contributed by atoms with Crippen LogP contribution in [-0.4, -0.2) is 92.5 Å². The van der Waals surface area contributed by atoms with E-state index in [0.717, 1.165) is 26.1 Å². The first-order valence-electron chi connectivity index (χ1n) is 13.0. The van der Waals surface area contributed by atoms with Crippen LogP contribution in [0.1, 0.15) is 71.6 Å². The first-order chi connectivity index (χ1) is 15.9. The number of ether oxygens (including phenoxy) is 7. The van der Waals surface area contributed by atoms with Gasteiger partial charge in [-0.05, 0) is 12.8 Å². The van der Waals surface area contributed by atoms with Gasteiger partial charge in [0, 0.05) is 13.2 Å². The van der Waals surface area contributed by atoms with E-state index in [-0.39, 0.29) is 0 Å². The van der Waals surface area contributed by atoms with Crippen molar-refractivity contribution in [2.45, 2.75) is 71.6 Å². The summed E-state index contributed by atoms with van der Waals surface area (Å²) in [5.74, 6) is 0. The van der Waals surface area contributed by atoms with E-state index < -0.39 is 0 Å². The Kier molecular flexibility index (Phi) is 30.5. The van der Waals surface area contributed by atoms with Crippen molar-refractivity contribution in [3.8, 4) is 0 Å². The SMILES string of the molecule is CCCCCCCOCCOCCOCCOCCOCCOCCOCCCCCC. The Labute approximate surface area is 197 Å². The van der Waals surface area contributed by atoms with Crippen LogP contribution in [-0.2, 0) is 33.2 Å². The molecule has 194 valence electrons. The van der Waals surface area contributed by atoms with Gasteiger partial charge < -0.3 is 33.2 Å². The third kappa shape index (κ3) is 29.7. The van der Waals surface area contributed by atoms with Crippen LogP contribution in [0.2, 0.25) is 0 Å². The fourth-order valence-corrected chi connectivity index (χ4v) is 2.86. The molecular weight excluding hydrogens is 412 g/mol. The molecule has 0 aromatic heterocycles. The molecule has 0 aliphatic carbocycles. The highest BCUT2D eigenvalue weighted by atomic mass is 16.6. The van der Waals surface area contributed by atoms with Crippen LogP contribution in [0.15, 0.2) is 0 Å². The maximum absolute atomic E-state index is 5.55. The second-order valence-corrected chi connectivity index (χ2v) is 7.76. The molecule has 0 saturated carbocycles. The molecule has 0 unspecified atom stereocenters. The topological polar surface area (TPSA) is 64.6 Å². The fraction of sp³-hybridized carbons (Fsp3) is 1.00. The third-order valence-corrected chi connectivity index (χ3v) is 4.77. The van der Waals surface area contributed by atoms with Crippen molar-refractivity contribution in [3.05, 3.63) is 0 Å². The average molecular weight is 465 g/mol. The van der Waals surface area contributed by atoms with Crippen molar-refractivity contribution in [1.29, 1.82) is 0 Å². The summed E-state index contributed by atoms with van der Waals surface area (Å²) in [6.07, 6.45) is 11.3. The Hall–Kier alpha value is -0.280. The lowest BCUT2D eigenvalue weighted by molar-refractivity contribution is -0.0206. The van der Waals surface area contributed by atoms with Crippen molar-refractivity contribution >= 4 is 0 Å². The van der Waals surface area contributed by atoms with Crippen molar-refractivity contribution in [2.24, 2.45) is 0 Å². The van der Waals surface area contributed by atoms with E-state index in [0.29, 0.717) is 79.3 Å². The molecule has 7 nitrogen and oxygen atoms in total. The quantitative estimate of drug-likeness (QED) is 0.149. The Morgan fingerprint density at radius 3 is 0.750 bits per heavy atom. The second-order valence-electron chi connectivity index (χ2n) is 7.76. The molecule has 0 spiro atoms. The maximum Gasteiger partial charge on any atom is 0.0701 e. The van der Waals surface area contributed by atoms with Crippen molar-refractivity contribution in [3.63, 3.8) is 0 Å². The zero-order chi connectivity index (χ0) is 23.2. The van der Waals surface area contributed by atoms with Crippen molar-refractivity contribution in [2.75, 3.05) is 92.5 Å². The summed E-state index contributed by atoms with van der Waals surface area (Å²) in [6, 6.07) is 0. The average Bonchev–Trinajstić information content (AvgIpc) is 2.81. The van der Waals surface area contributed by atoms with Gasteiger partial charge in [-0.2, -0.15) is 0 Å². The van der Waals surface area contributed by atoms with E-state index in [4.69, 9.17) is 33.2 Å². The molecule has 0 saturated heterocycles. The minimum atomic E-state index is 0.566.